The minimum atomic E-state index is -4.35. The molecule has 0 radical (unpaired) electrons. The monoisotopic (exact) mass is 719 g/mol. The van der Waals surface area contributed by atoms with Gasteiger partial charge >= 0.3 is 0 Å². The molecule has 0 bridgehead atoms. The van der Waals surface area contributed by atoms with Crippen LogP contribution < -0.4 is 9.62 Å². The van der Waals surface area contributed by atoms with Crippen LogP contribution in [0.15, 0.2) is 102 Å². The molecule has 2 unspecified atom stereocenters. The van der Waals surface area contributed by atoms with E-state index in [9.17, 15) is 18.0 Å². The topological polar surface area (TPSA) is 86.8 Å². The number of amides is 2. The van der Waals surface area contributed by atoms with Crippen molar-refractivity contribution in [1.82, 2.24) is 10.2 Å². The average Bonchev–Trinajstić information content (AvgIpc) is 3.04. The molecule has 0 spiro atoms. The van der Waals surface area contributed by atoms with Gasteiger partial charge in [-0.3, -0.25) is 13.9 Å². The van der Waals surface area contributed by atoms with E-state index < -0.39 is 34.4 Å². The highest BCUT2D eigenvalue weighted by Gasteiger charge is 2.36. The van der Waals surface area contributed by atoms with Crippen molar-refractivity contribution in [2.45, 2.75) is 50.2 Å². The van der Waals surface area contributed by atoms with Gasteiger partial charge in [-0.05, 0) is 61.4 Å². The Balaban J connectivity index is 1.87. The van der Waals surface area contributed by atoms with Gasteiger partial charge in [0.25, 0.3) is 10.0 Å². The van der Waals surface area contributed by atoms with Crippen LogP contribution in [0.2, 0.25) is 20.1 Å². The molecule has 0 saturated carbocycles. The van der Waals surface area contributed by atoms with Crippen LogP contribution in [0, 0.1) is 0 Å². The average molecular weight is 722 g/mol. The van der Waals surface area contributed by atoms with Crippen molar-refractivity contribution in [3.8, 4) is 0 Å². The van der Waals surface area contributed by atoms with Gasteiger partial charge in [0.05, 0.1) is 15.6 Å². The van der Waals surface area contributed by atoms with E-state index in [0.717, 1.165) is 9.87 Å². The van der Waals surface area contributed by atoms with Gasteiger partial charge in [-0.15, -0.1) is 0 Å². The van der Waals surface area contributed by atoms with Crippen molar-refractivity contribution in [3.05, 3.63) is 128 Å². The summed E-state index contributed by atoms with van der Waals surface area (Å²) >= 11 is 25.9. The third-order valence-corrected chi connectivity index (χ3v) is 10.5. The molecule has 242 valence electrons. The molecular formula is C34H33Cl4N3O4S. The summed E-state index contributed by atoms with van der Waals surface area (Å²) < 4.78 is 29.2. The molecule has 46 heavy (non-hydrogen) atoms. The molecule has 0 saturated heterocycles. The first-order valence-corrected chi connectivity index (χ1v) is 17.5. The Bertz CT molecular complexity index is 1760. The van der Waals surface area contributed by atoms with Gasteiger partial charge in [0.1, 0.15) is 12.6 Å². The maximum atomic E-state index is 14.6. The van der Waals surface area contributed by atoms with E-state index in [1.54, 1.807) is 36.4 Å². The zero-order chi connectivity index (χ0) is 33.4. The van der Waals surface area contributed by atoms with Gasteiger partial charge in [0.2, 0.25) is 11.8 Å². The standard InChI is InChI=1S/C34H33Cl4N3O4S/c1-3-23(2)39-34(43)32(19-24-11-6-4-7-12-24)40(21-27-28(36)15-10-16-29(27)37)33(42)22-41(31-20-25(35)17-18-30(31)38)46(44,45)26-13-8-5-9-14-26/h4-18,20,23,32H,3,19,21-22H2,1-2H3,(H,39,43). The molecule has 0 heterocycles. The summed E-state index contributed by atoms with van der Waals surface area (Å²) in [6.07, 6.45) is 0.796. The second-order valence-electron chi connectivity index (χ2n) is 10.7. The molecule has 0 aromatic heterocycles. The number of carbonyl (C=O) groups excluding carboxylic acids is 2. The lowest BCUT2D eigenvalue weighted by atomic mass is 10.0. The van der Waals surface area contributed by atoms with Crippen molar-refractivity contribution in [2.24, 2.45) is 0 Å². The summed E-state index contributed by atoms with van der Waals surface area (Å²) in [5.41, 5.74) is 1.21. The summed E-state index contributed by atoms with van der Waals surface area (Å²) in [6, 6.07) is 25.0. The summed E-state index contributed by atoms with van der Waals surface area (Å²) in [5, 5.41) is 3.85. The quantitative estimate of drug-likeness (QED) is 0.152. The number of hydrogen-bond acceptors (Lipinski definition) is 4. The number of rotatable bonds is 13. The molecule has 4 aromatic carbocycles. The lowest BCUT2D eigenvalue weighted by Crippen LogP contribution is -2.54. The lowest BCUT2D eigenvalue weighted by Gasteiger charge is -2.34. The molecule has 7 nitrogen and oxygen atoms in total. The van der Waals surface area contributed by atoms with E-state index in [-0.39, 0.29) is 49.7 Å². The van der Waals surface area contributed by atoms with Crippen molar-refractivity contribution >= 4 is 73.9 Å². The summed E-state index contributed by atoms with van der Waals surface area (Å²) in [7, 11) is -4.35. The second kappa shape index (κ2) is 16.0. The van der Waals surface area contributed by atoms with Crippen LogP contribution in [0.3, 0.4) is 0 Å². The molecule has 2 amide bonds. The highest BCUT2D eigenvalue weighted by Crippen LogP contribution is 2.34. The van der Waals surface area contributed by atoms with E-state index in [1.165, 1.54) is 35.2 Å². The molecule has 2 atom stereocenters. The molecule has 0 fully saturated rings. The van der Waals surface area contributed by atoms with Gasteiger partial charge in [-0.25, -0.2) is 8.42 Å². The van der Waals surface area contributed by atoms with Crippen LogP contribution in [0.4, 0.5) is 5.69 Å². The third kappa shape index (κ3) is 8.75. The normalized spacial score (nSPS) is 12.7. The molecule has 0 aliphatic rings. The summed E-state index contributed by atoms with van der Waals surface area (Å²) in [4.78, 5) is 29.8. The van der Waals surface area contributed by atoms with Gasteiger partial charge < -0.3 is 10.2 Å². The van der Waals surface area contributed by atoms with Gasteiger partial charge in [0, 0.05) is 39.6 Å². The van der Waals surface area contributed by atoms with E-state index in [1.807, 2.05) is 44.2 Å². The summed E-state index contributed by atoms with van der Waals surface area (Å²) in [6.45, 7) is 2.92. The first kappa shape index (κ1) is 35.6. The van der Waals surface area contributed by atoms with E-state index >= 15 is 0 Å². The van der Waals surface area contributed by atoms with E-state index in [4.69, 9.17) is 46.4 Å². The maximum absolute atomic E-state index is 14.6. The van der Waals surface area contributed by atoms with Crippen molar-refractivity contribution in [3.63, 3.8) is 0 Å². The first-order chi connectivity index (χ1) is 21.9. The number of halogens is 4. The molecule has 0 aliphatic heterocycles. The predicted molar refractivity (Wildman–Crippen MR) is 186 cm³/mol. The number of sulfonamides is 1. The fourth-order valence-electron chi connectivity index (χ4n) is 4.76. The molecular weight excluding hydrogens is 688 g/mol. The number of anilines is 1. The largest absolute Gasteiger partial charge is 0.352 e. The van der Waals surface area contributed by atoms with Crippen LogP contribution >= 0.6 is 46.4 Å². The molecule has 0 aliphatic carbocycles. The van der Waals surface area contributed by atoms with Crippen molar-refractivity contribution in [2.75, 3.05) is 10.8 Å². The Morgan fingerprint density at radius 3 is 2.02 bits per heavy atom. The number of benzene rings is 4. The van der Waals surface area contributed by atoms with E-state index in [2.05, 4.69) is 5.32 Å². The molecule has 12 heteroatoms. The SMILES string of the molecule is CCC(C)NC(=O)C(Cc1ccccc1)N(Cc1c(Cl)cccc1Cl)C(=O)CN(c1cc(Cl)ccc1Cl)S(=O)(=O)c1ccccc1. The highest BCUT2D eigenvalue weighted by molar-refractivity contribution is 7.92. The third-order valence-electron chi connectivity index (χ3n) is 7.45. The Hall–Kier alpha value is -3.27. The number of nitrogens with one attached hydrogen (secondary N) is 1. The number of carbonyl (C=O) groups is 2. The van der Waals surface area contributed by atoms with Crippen LogP contribution in [0.1, 0.15) is 31.4 Å². The maximum Gasteiger partial charge on any atom is 0.264 e. The number of hydrogen-bond donors (Lipinski definition) is 1. The van der Waals surface area contributed by atoms with Gasteiger partial charge in [0.15, 0.2) is 0 Å². The van der Waals surface area contributed by atoms with Crippen LogP contribution in [0.5, 0.6) is 0 Å². The Morgan fingerprint density at radius 2 is 1.41 bits per heavy atom. The fourth-order valence-corrected chi connectivity index (χ4v) is 7.16. The smallest absolute Gasteiger partial charge is 0.264 e. The van der Waals surface area contributed by atoms with E-state index in [0.29, 0.717) is 12.0 Å². The highest BCUT2D eigenvalue weighted by atomic mass is 35.5. The fraction of sp³-hybridized carbons (Fsp3) is 0.235. The molecule has 4 rings (SSSR count). The molecule has 4 aromatic rings. The minimum absolute atomic E-state index is 0.00533. The number of nitrogens with zero attached hydrogens (tertiary/aromatic N) is 2. The van der Waals surface area contributed by atoms with Crippen LogP contribution in [0.25, 0.3) is 0 Å². The lowest BCUT2D eigenvalue weighted by molar-refractivity contribution is -0.140. The van der Waals surface area contributed by atoms with Crippen LogP contribution in [-0.2, 0) is 32.6 Å². The Morgan fingerprint density at radius 1 is 0.804 bits per heavy atom. The van der Waals surface area contributed by atoms with Crippen molar-refractivity contribution in [1.29, 1.82) is 0 Å². The Kier molecular flexibility index (Phi) is 12.4. The first-order valence-electron chi connectivity index (χ1n) is 14.5. The van der Waals surface area contributed by atoms with Gasteiger partial charge in [-0.1, -0.05) is 108 Å². The van der Waals surface area contributed by atoms with Crippen molar-refractivity contribution < 1.29 is 18.0 Å². The minimum Gasteiger partial charge on any atom is -0.352 e. The molecule has 1 N–H and O–H groups in total. The second-order valence-corrected chi connectivity index (χ2v) is 14.2. The Labute approximate surface area is 290 Å². The predicted octanol–water partition coefficient (Wildman–Crippen LogP) is 8.05. The zero-order valence-electron chi connectivity index (χ0n) is 25.2. The summed E-state index contributed by atoms with van der Waals surface area (Å²) in [5.74, 6) is -1.10. The van der Waals surface area contributed by atoms with Gasteiger partial charge in [-0.2, -0.15) is 0 Å². The van der Waals surface area contributed by atoms with Crippen LogP contribution in [-0.4, -0.2) is 43.8 Å². The zero-order valence-corrected chi connectivity index (χ0v) is 29.0.